The molecule has 0 aliphatic rings. The van der Waals surface area contributed by atoms with Gasteiger partial charge in [-0.05, 0) is 59.2 Å². The Morgan fingerprint density at radius 2 is 1.45 bits per heavy atom. The van der Waals surface area contributed by atoms with Crippen molar-refractivity contribution in [1.29, 1.82) is 0 Å². The van der Waals surface area contributed by atoms with Crippen LogP contribution in [0.15, 0.2) is 48.5 Å². The van der Waals surface area contributed by atoms with Crippen molar-refractivity contribution in [1.82, 2.24) is 4.90 Å². The van der Waals surface area contributed by atoms with E-state index in [0.717, 1.165) is 18.5 Å². The molecule has 6 nitrogen and oxygen atoms in total. The summed E-state index contributed by atoms with van der Waals surface area (Å²) in [5, 5.41) is 10.4. The van der Waals surface area contributed by atoms with Crippen molar-refractivity contribution in [2.45, 2.75) is 59.0 Å². The second kappa shape index (κ2) is 11.3. The fourth-order valence-corrected chi connectivity index (χ4v) is 3.53. The molecule has 0 amide bonds. The minimum absolute atomic E-state index is 0.214. The first-order valence-corrected chi connectivity index (χ1v) is 11.1. The Morgan fingerprint density at radius 3 is 1.93 bits per heavy atom. The highest BCUT2D eigenvalue weighted by Gasteiger charge is 2.21. The highest BCUT2D eigenvalue weighted by molar-refractivity contribution is 7.79. The molecular weight excluding hydrogens is 390 g/mol. The molecular formula is C22H33NO5S. The molecule has 0 saturated carbocycles. The molecule has 0 aliphatic heterocycles. The van der Waals surface area contributed by atoms with Gasteiger partial charge in [0.2, 0.25) is 0 Å². The van der Waals surface area contributed by atoms with E-state index < -0.39 is 10.4 Å². The lowest BCUT2D eigenvalue weighted by molar-refractivity contribution is 0.170. The van der Waals surface area contributed by atoms with Gasteiger partial charge in [0.15, 0.2) is 0 Å². The number of phenols is 1. The van der Waals surface area contributed by atoms with Crippen LogP contribution in [0.25, 0.3) is 0 Å². The van der Waals surface area contributed by atoms with Gasteiger partial charge in [0.25, 0.3) is 0 Å². The summed E-state index contributed by atoms with van der Waals surface area (Å²) in [4.78, 5) is 2.52. The monoisotopic (exact) mass is 423 g/mol. The first-order valence-electron chi connectivity index (χ1n) is 9.70. The zero-order valence-electron chi connectivity index (χ0n) is 17.8. The van der Waals surface area contributed by atoms with Gasteiger partial charge in [-0.1, -0.05) is 48.0 Å². The quantitative estimate of drug-likeness (QED) is 0.559. The highest BCUT2D eigenvalue weighted by atomic mass is 32.3. The SMILES string of the molecule is Cc1ccc(O)c([C@H](CCN(C(C)C)C(C)C)c2ccccc2)c1.O=S(=O)(O)O. The largest absolute Gasteiger partial charge is 0.508 e. The molecule has 0 unspecified atom stereocenters. The molecule has 162 valence electrons. The van der Waals surface area contributed by atoms with Crippen molar-refractivity contribution >= 4 is 10.4 Å². The van der Waals surface area contributed by atoms with E-state index in [2.05, 4.69) is 69.9 Å². The predicted octanol–water partition coefficient (Wildman–Crippen LogP) is 4.69. The third kappa shape index (κ3) is 9.41. The van der Waals surface area contributed by atoms with Crippen molar-refractivity contribution < 1.29 is 22.6 Å². The van der Waals surface area contributed by atoms with Crippen LogP contribution < -0.4 is 0 Å². The molecule has 0 heterocycles. The summed E-state index contributed by atoms with van der Waals surface area (Å²) >= 11 is 0. The summed E-state index contributed by atoms with van der Waals surface area (Å²) in [6, 6.07) is 17.5. The summed E-state index contributed by atoms with van der Waals surface area (Å²) in [6.45, 7) is 12.1. The van der Waals surface area contributed by atoms with Gasteiger partial charge in [-0.15, -0.1) is 0 Å². The Balaban J connectivity index is 0.000000749. The van der Waals surface area contributed by atoms with E-state index in [1.54, 1.807) is 0 Å². The lowest BCUT2D eigenvalue weighted by Crippen LogP contribution is -2.38. The Morgan fingerprint density at radius 1 is 0.931 bits per heavy atom. The molecule has 7 heteroatoms. The van der Waals surface area contributed by atoms with E-state index >= 15 is 0 Å². The number of rotatable bonds is 7. The van der Waals surface area contributed by atoms with E-state index in [1.165, 1.54) is 11.1 Å². The van der Waals surface area contributed by atoms with Crippen molar-refractivity contribution in [3.8, 4) is 5.75 Å². The summed E-state index contributed by atoms with van der Waals surface area (Å²) in [7, 11) is -4.67. The highest BCUT2D eigenvalue weighted by Crippen LogP contribution is 2.35. The minimum atomic E-state index is -4.67. The molecule has 0 fully saturated rings. The van der Waals surface area contributed by atoms with E-state index in [9.17, 15) is 5.11 Å². The maximum absolute atomic E-state index is 10.4. The molecule has 2 aromatic carbocycles. The molecule has 29 heavy (non-hydrogen) atoms. The number of nitrogens with zero attached hydrogens (tertiary/aromatic N) is 1. The minimum Gasteiger partial charge on any atom is -0.508 e. The molecule has 0 aliphatic carbocycles. The van der Waals surface area contributed by atoms with Gasteiger partial charge in [0, 0.05) is 23.6 Å². The summed E-state index contributed by atoms with van der Waals surface area (Å²) < 4.78 is 31.6. The topological polar surface area (TPSA) is 98.1 Å². The summed E-state index contributed by atoms with van der Waals surface area (Å²) in [5.41, 5.74) is 3.49. The zero-order chi connectivity index (χ0) is 22.2. The van der Waals surface area contributed by atoms with Crippen LogP contribution in [0.4, 0.5) is 0 Å². The van der Waals surface area contributed by atoms with Crippen LogP contribution in [0.2, 0.25) is 0 Å². The molecule has 0 radical (unpaired) electrons. The van der Waals surface area contributed by atoms with E-state index in [4.69, 9.17) is 17.5 Å². The van der Waals surface area contributed by atoms with Crippen LogP contribution >= 0.6 is 0 Å². The summed E-state index contributed by atoms with van der Waals surface area (Å²) in [5.74, 6) is 0.612. The molecule has 0 bridgehead atoms. The van der Waals surface area contributed by atoms with Gasteiger partial charge in [-0.25, -0.2) is 0 Å². The Hall–Kier alpha value is -1.93. The van der Waals surface area contributed by atoms with Crippen LogP contribution in [0.1, 0.15) is 56.7 Å². The van der Waals surface area contributed by atoms with Gasteiger partial charge in [-0.3, -0.25) is 14.0 Å². The van der Waals surface area contributed by atoms with Crippen LogP contribution in [0.5, 0.6) is 5.75 Å². The summed E-state index contributed by atoms with van der Waals surface area (Å²) in [6.07, 6.45) is 0.997. The number of hydrogen-bond acceptors (Lipinski definition) is 4. The molecule has 0 saturated heterocycles. The van der Waals surface area contributed by atoms with E-state index in [-0.39, 0.29) is 5.92 Å². The fraction of sp³-hybridized carbons (Fsp3) is 0.455. The maximum atomic E-state index is 10.4. The van der Waals surface area contributed by atoms with Gasteiger partial charge >= 0.3 is 10.4 Å². The number of aryl methyl sites for hydroxylation is 1. The number of phenolic OH excluding ortho intramolecular Hbond substituents is 1. The molecule has 0 aromatic heterocycles. The Bertz CT molecular complexity index is 835. The first kappa shape index (κ1) is 25.1. The van der Waals surface area contributed by atoms with Crippen LogP contribution in [-0.2, 0) is 10.4 Å². The second-order valence-corrected chi connectivity index (χ2v) is 8.58. The zero-order valence-corrected chi connectivity index (χ0v) is 18.6. The van der Waals surface area contributed by atoms with Crippen LogP contribution in [0.3, 0.4) is 0 Å². The first-order chi connectivity index (χ1) is 13.4. The average Bonchev–Trinajstić information content (AvgIpc) is 2.60. The van der Waals surface area contributed by atoms with Gasteiger partial charge < -0.3 is 5.11 Å². The normalized spacial score (nSPS) is 12.8. The lowest BCUT2D eigenvalue weighted by atomic mass is 9.87. The number of hydrogen-bond donors (Lipinski definition) is 3. The molecule has 2 aromatic rings. The predicted molar refractivity (Wildman–Crippen MR) is 117 cm³/mol. The van der Waals surface area contributed by atoms with Crippen molar-refractivity contribution in [3.05, 3.63) is 65.2 Å². The molecule has 2 rings (SSSR count). The van der Waals surface area contributed by atoms with E-state index in [0.29, 0.717) is 17.8 Å². The van der Waals surface area contributed by atoms with E-state index in [1.807, 2.05) is 18.2 Å². The van der Waals surface area contributed by atoms with Crippen molar-refractivity contribution in [3.63, 3.8) is 0 Å². The molecule has 3 N–H and O–H groups in total. The standard InChI is InChI=1S/C22H31NO.H2O4S/c1-16(2)23(17(3)4)14-13-20(19-9-7-6-8-10-19)21-15-18(5)11-12-22(21)24;1-5(2,3)4/h6-12,15-17,20,24H,13-14H2,1-5H3;(H2,1,2,3,4)/t20-;/m1./s1. The van der Waals surface area contributed by atoms with Crippen molar-refractivity contribution in [2.75, 3.05) is 6.54 Å². The average molecular weight is 424 g/mol. The third-order valence-electron chi connectivity index (χ3n) is 4.76. The van der Waals surface area contributed by atoms with Crippen LogP contribution in [-0.4, -0.2) is 46.2 Å². The fourth-order valence-electron chi connectivity index (χ4n) is 3.53. The van der Waals surface area contributed by atoms with Crippen LogP contribution in [0, 0.1) is 6.92 Å². The maximum Gasteiger partial charge on any atom is 0.394 e. The Kier molecular flexibility index (Phi) is 9.79. The van der Waals surface area contributed by atoms with Gasteiger partial charge in [-0.2, -0.15) is 8.42 Å². The Labute approximate surface area is 174 Å². The van der Waals surface area contributed by atoms with Gasteiger partial charge in [0.05, 0.1) is 0 Å². The van der Waals surface area contributed by atoms with Gasteiger partial charge in [0.1, 0.15) is 5.75 Å². The molecule has 1 atom stereocenters. The lowest BCUT2D eigenvalue weighted by Gasteiger charge is -2.32. The smallest absolute Gasteiger partial charge is 0.394 e. The third-order valence-corrected chi connectivity index (χ3v) is 4.76. The number of benzene rings is 2. The molecule has 0 spiro atoms. The second-order valence-electron chi connectivity index (χ2n) is 7.69. The number of aromatic hydroxyl groups is 1. The van der Waals surface area contributed by atoms with Crippen molar-refractivity contribution in [2.24, 2.45) is 0 Å².